The van der Waals surface area contributed by atoms with Crippen molar-refractivity contribution in [3.05, 3.63) is 65.2 Å². The van der Waals surface area contributed by atoms with Gasteiger partial charge in [0, 0.05) is 17.4 Å². The first-order chi connectivity index (χ1) is 11.9. The van der Waals surface area contributed by atoms with Crippen molar-refractivity contribution < 1.29 is 8.78 Å². The number of nitrogens with one attached hydrogen (secondary N) is 2. The second kappa shape index (κ2) is 7.44. The maximum Gasteiger partial charge on any atom is 0.270 e. The van der Waals surface area contributed by atoms with Gasteiger partial charge in [-0.15, -0.1) is 0 Å². The first-order valence-electron chi connectivity index (χ1n) is 8.59. The van der Waals surface area contributed by atoms with Gasteiger partial charge in [-0.05, 0) is 62.5 Å². The summed E-state index contributed by atoms with van der Waals surface area (Å²) in [6.45, 7) is 4.94. The minimum absolute atomic E-state index is 0.0481. The molecule has 1 heterocycles. The molecular weight excluding hydrogens is 338 g/mol. The van der Waals surface area contributed by atoms with Gasteiger partial charge in [-0.2, -0.15) is 0 Å². The molecule has 0 unspecified atom stereocenters. The molecule has 0 aromatic heterocycles. The second-order valence-corrected chi connectivity index (χ2v) is 7.69. The highest BCUT2D eigenvalue weighted by atomic mass is 32.2. The van der Waals surface area contributed by atoms with Crippen LogP contribution in [0.1, 0.15) is 36.5 Å². The van der Waals surface area contributed by atoms with E-state index in [4.69, 9.17) is 0 Å². The topological polar surface area (TPSA) is 24.1 Å². The van der Waals surface area contributed by atoms with Crippen LogP contribution in [0, 0.1) is 6.92 Å². The maximum absolute atomic E-state index is 13.3. The highest BCUT2D eigenvalue weighted by Crippen LogP contribution is 2.35. The molecule has 1 aliphatic rings. The number of aryl methyl sites for hydroxylation is 1. The predicted molar refractivity (Wildman–Crippen MR) is 100.0 cm³/mol. The molecule has 3 rings (SSSR count). The van der Waals surface area contributed by atoms with Crippen LogP contribution in [0.2, 0.25) is 0 Å². The van der Waals surface area contributed by atoms with Gasteiger partial charge in [-0.3, -0.25) is 0 Å². The van der Waals surface area contributed by atoms with E-state index in [9.17, 15) is 8.78 Å². The monoisotopic (exact) mass is 362 g/mol. The average molecular weight is 362 g/mol. The fourth-order valence-electron chi connectivity index (χ4n) is 3.15. The highest BCUT2D eigenvalue weighted by Gasteiger charge is 2.34. The van der Waals surface area contributed by atoms with E-state index in [1.165, 1.54) is 35.2 Å². The Morgan fingerprint density at radius 2 is 1.60 bits per heavy atom. The molecule has 1 fully saturated rings. The van der Waals surface area contributed by atoms with Crippen molar-refractivity contribution in [1.29, 1.82) is 0 Å². The lowest BCUT2D eigenvalue weighted by molar-refractivity contribution is 0.0174. The molecule has 2 nitrogen and oxygen atoms in total. The van der Waals surface area contributed by atoms with Crippen LogP contribution >= 0.6 is 11.9 Å². The number of piperidine rings is 1. The van der Waals surface area contributed by atoms with Gasteiger partial charge in [0.25, 0.3) is 5.92 Å². The number of alkyl halides is 2. The molecule has 1 aliphatic heterocycles. The molecule has 0 amide bonds. The first kappa shape index (κ1) is 18.4. The van der Waals surface area contributed by atoms with Crippen molar-refractivity contribution in [3.63, 3.8) is 0 Å². The molecule has 2 aromatic carbocycles. The lowest BCUT2D eigenvalue weighted by Gasteiger charge is -2.38. The Morgan fingerprint density at radius 1 is 1.00 bits per heavy atom. The van der Waals surface area contributed by atoms with E-state index in [1.807, 2.05) is 0 Å². The largest absolute Gasteiger partial charge is 0.317 e. The summed E-state index contributed by atoms with van der Waals surface area (Å²) in [4.78, 5) is 0.943. The van der Waals surface area contributed by atoms with Crippen LogP contribution in [-0.2, 0) is 11.5 Å². The molecule has 0 aliphatic carbocycles. The summed E-state index contributed by atoms with van der Waals surface area (Å²) < 4.78 is 30.3. The first-order valence-corrected chi connectivity index (χ1v) is 9.41. The summed E-state index contributed by atoms with van der Waals surface area (Å²) in [5.41, 5.74) is 2.48. The molecule has 2 aromatic rings. The Balaban J connectivity index is 1.76. The summed E-state index contributed by atoms with van der Waals surface area (Å²) in [5.74, 6) is -2.80. The molecular formula is C20H24F2N2S. The maximum atomic E-state index is 13.3. The average Bonchev–Trinajstić information content (AvgIpc) is 2.61. The predicted octanol–water partition coefficient (Wildman–Crippen LogP) is 4.98. The molecule has 5 heteroatoms. The van der Waals surface area contributed by atoms with Crippen LogP contribution in [0.15, 0.2) is 53.4 Å². The van der Waals surface area contributed by atoms with E-state index < -0.39 is 5.92 Å². The van der Waals surface area contributed by atoms with E-state index >= 15 is 0 Å². The smallest absolute Gasteiger partial charge is 0.270 e. The zero-order valence-electron chi connectivity index (χ0n) is 14.6. The molecule has 25 heavy (non-hydrogen) atoms. The normalized spacial score (nSPS) is 17.4. The van der Waals surface area contributed by atoms with E-state index in [0.29, 0.717) is 0 Å². The van der Waals surface area contributed by atoms with E-state index in [2.05, 4.69) is 41.2 Å². The number of rotatable bonds is 5. The highest BCUT2D eigenvalue weighted by molar-refractivity contribution is 7.97. The van der Waals surface area contributed by atoms with Gasteiger partial charge >= 0.3 is 0 Å². The zero-order chi connectivity index (χ0) is 17.9. The fraction of sp³-hybridized carbons (Fsp3) is 0.400. The van der Waals surface area contributed by atoms with Crippen molar-refractivity contribution in [3.8, 4) is 0 Å². The third-order valence-corrected chi connectivity index (χ3v) is 5.79. The van der Waals surface area contributed by atoms with Crippen LogP contribution in [0.3, 0.4) is 0 Å². The summed E-state index contributed by atoms with van der Waals surface area (Å²) in [6.07, 6.45) is 1.99. The van der Waals surface area contributed by atoms with E-state index in [1.54, 1.807) is 12.1 Å². The van der Waals surface area contributed by atoms with Crippen molar-refractivity contribution in [2.45, 2.75) is 43.0 Å². The minimum Gasteiger partial charge on any atom is -0.317 e. The van der Waals surface area contributed by atoms with Gasteiger partial charge in [0.05, 0.1) is 5.54 Å². The van der Waals surface area contributed by atoms with Crippen LogP contribution in [0.25, 0.3) is 0 Å². The van der Waals surface area contributed by atoms with Gasteiger partial charge in [0.15, 0.2) is 0 Å². The third-order valence-electron chi connectivity index (χ3n) is 4.79. The Morgan fingerprint density at radius 3 is 2.16 bits per heavy atom. The second-order valence-electron chi connectivity index (χ2n) is 6.82. The van der Waals surface area contributed by atoms with E-state index in [0.717, 1.165) is 37.8 Å². The number of hydrogen-bond acceptors (Lipinski definition) is 3. The Kier molecular flexibility index (Phi) is 5.46. The fourth-order valence-corrected chi connectivity index (χ4v) is 4.06. The lowest BCUT2D eigenvalue weighted by Crippen LogP contribution is -2.47. The van der Waals surface area contributed by atoms with Crippen molar-refractivity contribution in [1.82, 2.24) is 10.0 Å². The van der Waals surface area contributed by atoms with Crippen molar-refractivity contribution in [2.75, 3.05) is 13.1 Å². The van der Waals surface area contributed by atoms with Gasteiger partial charge in [0.2, 0.25) is 0 Å². The number of benzene rings is 2. The Hall–Kier alpha value is -1.43. The van der Waals surface area contributed by atoms with Gasteiger partial charge < -0.3 is 5.32 Å². The van der Waals surface area contributed by atoms with Gasteiger partial charge in [-0.1, -0.05) is 42.0 Å². The summed E-state index contributed by atoms with van der Waals surface area (Å²) in [5, 5.41) is 3.41. The van der Waals surface area contributed by atoms with Crippen molar-refractivity contribution in [2.24, 2.45) is 0 Å². The molecule has 0 saturated carbocycles. The van der Waals surface area contributed by atoms with Crippen LogP contribution in [0.4, 0.5) is 8.78 Å². The minimum atomic E-state index is -2.80. The quantitative estimate of drug-likeness (QED) is 0.734. The Labute approximate surface area is 152 Å². The summed E-state index contributed by atoms with van der Waals surface area (Å²) in [6, 6.07) is 15.2. The standard InChI is InChI=1S/C20H24F2N2S/c1-15-3-5-17(6-4-15)20(11-13-23-14-12-20)24-25-18-9-7-16(8-10-18)19(2,21)22/h3-10,23-24H,11-14H2,1-2H3. The number of halogens is 2. The zero-order valence-corrected chi connectivity index (χ0v) is 15.4. The molecule has 0 spiro atoms. The summed E-state index contributed by atoms with van der Waals surface area (Å²) in [7, 11) is 0. The van der Waals surface area contributed by atoms with Gasteiger partial charge in [0.1, 0.15) is 0 Å². The van der Waals surface area contributed by atoms with Gasteiger partial charge in [-0.25, -0.2) is 13.5 Å². The molecule has 1 saturated heterocycles. The Bertz CT molecular complexity index is 687. The third kappa shape index (κ3) is 4.40. The number of hydrogen-bond donors (Lipinski definition) is 2. The van der Waals surface area contributed by atoms with Crippen molar-refractivity contribution >= 4 is 11.9 Å². The SMILES string of the molecule is Cc1ccc(C2(NSc3ccc(C(C)(F)F)cc3)CCNCC2)cc1. The van der Waals surface area contributed by atoms with Crippen LogP contribution in [0.5, 0.6) is 0 Å². The molecule has 0 radical (unpaired) electrons. The molecule has 0 bridgehead atoms. The molecule has 0 atom stereocenters. The summed E-state index contributed by atoms with van der Waals surface area (Å²) >= 11 is 1.52. The van der Waals surface area contributed by atoms with E-state index in [-0.39, 0.29) is 11.1 Å². The van der Waals surface area contributed by atoms with Crippen LogP contribution < -0.4 is 10.0 Å². The lowest BCUT2D eigenvalue weighted by atomic mass is 9.82. The molecule has 134 valence electrons. The molecule has 2 N–H and O–H groups in total. The van der Waals surface area contributed by atoms with Crippen LogP contribution in [-0.4, -0.2) is 13.1 Å².